The van der Waals surface area contributed by atoms with E-state index in [4.69, 9.17) is 18.0 Å². The van der Waals surface area contributed by atoms with Crippen LogP contribution in [-0.2, 0) is 21.2 Å². The number of aryl methyl sites for hydroxylation is 1. The number of rotatable bonds is 9. The molecule has 1 amide bonds. The zero-order chi connectivity index (χ0) is 27.4. The number of sulfone groups is 1. The lowest BCUT2D eigenvalue weighted by Gasteiger charge is -2.22. The Morgan fingerprint density at radius 2 is 1.79 bits per heavy atom. The second kappa shape index (κ2) is 11.6. The highest BCUT2D eigenvalue weighted by Crippen LogP contribution is 2.33. The molecule has 200 valence electrons. The van der Waals surface area contributed by atoms with Crippen molar-refractivity contribution in [1.82, 2.24) is 14.7 Å². The normalized spacial score (nSPS) is 13.4. The second-order valence-corrected chi connectivity index (χ2v) is 12.3. The minimum atomic E-state index is -3.12. The lowest BCUT2D eigenvalue weighted by atomic mass is 9.99. The topological polar surface area (TPSA) is 111 Å². The van der Waals surface area contributed by atoms with Crippen LogP contribution in [0, 0.1) is 4.64 Å². The quantitative estimate of drug-likeness (QED) is 0.379. The monoisotopic (exact) mass is 551 g/mol. The number of benzene rings is 2. The van der Waals surface area contributed by atoms with Gasteiger partial charge < -0.3 is 10.6 Å². The van der Waals surface area contributed by atoms with Gasteiger partial charge in [0.15, 0.2) is 0 Å². The van der Waals surface area contributed by atoms with Gasteiger partial charge in [0, 0.05) is 47.7 Å². The van der Waals surface area contributed by atoms with Crippen LogP contribution >= 0.6 is 12.2 Å². The number of nitrogens with two attached hydrogens (primary N) is 1. The molecule has 0 unspecified atom stereocenters. The van der Waals surface area contributed by atoms with E-state index in [1.807, 2.05) is 47.4 Å². The summed E-state index contributed by atoms with van der Waals surface area (Å²) < 4.78 is 25.1. The number of carbonyl (C=O) groups is 1. The largest absolute Gasteiger partial charge is 0.387 e. The van der Waals surface area contributed by atoms with Crippen molar-refractivity contribution in [2.24, 2.45) is 10.7 Å². The Morgan fingerprint density at radius 3 is 2.47 bits per heavy atom. The first-order valence-corrected chi connectivity index (χ1v) is 15.2. The maximum atomic E-state index is 13.2. The van der Waals surface area contributed by atoms with E-state index in [9.17, 15) is 13.2 Å². The summed E-state index contributed by atoms with van der Waals surface area (Å²) >= 11 is 5.57. The van der Waals surface area contributed by atoms with Crippen LogP contribution in [-0.4, -0.2) is 59.9 Å². The van der Waals surface area contributed by atoms with E-state index in [-0.39, 0.29) is 18.2 Å². The average Bonchev–Trinajstić information content (AvgIpc) is 3.04. The van der Waals surface area contributed by atoms with Crippen LogP contribution in [0.15, 0.2) is 53.2 Å². The molecule has 1 aliphatic rings. The molecule has 8 nitrogen and oxygen atoms in total. The molecular formula is C28H33N5O3S2. The first kappa shape index (κ1) is 27.7. The molecule has 0 radical (unpaired) electrons. The summed E-state index contributed by atoms with van der Waals surface area (Å²) in [6, 6.07) is 11.9. The third-order valence-electron chi connectivity index (χ3n) is 6.40. The number of fused-ring (bicyclic) bond motifs is 2. The molecule has 1 aliphatic heterocycles. The van der Waals surface area contributed by atoms with E-state index in [2.05, 4.69) is 23.9 Å². The maximum absolute atomic E-state index is 13.2. The Morgan fingerprint density at radius 1 is 1.11 bits per heavy atom. The summed E-state index contributed by atoms with van der Waals surface area (Å²) in [5.74, 6) is 0.401. The molecule has 4 rings (SSSR count). The van der Waals surface area contributed by atoms with Gasteiger partial charge in [-0.05, 0) is 42.2 Å². The summed E-state index contributed by atoms with van der Waals surface area (Å²) in [6.45, 7) is 5.78. The van der Waals surface area contributed by atoms with Gasteiger partial charge in [0.1, 0.15) is 20.3 Å². The third kappa shape index (κ3) is 6.36. The van der Waals surface area contributed by atoms with E-state index < -0.39 is 9.84 Å². The summed E-state index contributed by atoms with van der Waals surface area (Å²) in [4.78, 5) is 19.8. The van der Waals surface area contributed by atoms with E-state index in [0.717, 1.165) is 40.3 Å². The maximum Gasteiger partial charge on any atom is 0.250 e. The molecule has 0 fully saturated rings. The zero-order valence-electron chi connectivity index (χ0n) is 22.0. The van der Waals surface area contributed by atoms with Crippen molar-refractivity contribution in [2.75, 3.05) is 25.1 Å². The molecule has 2 aromatic carbocycles. The van der Waals surface area contributed by atoms with E-state index >= 15 is 0 Å². The van der Waals surface area contributed by atoms with Gasteiger partial charge >= 0.3 is 0 Å². The van der Waals surface area contributed by atoms with Crippen LogP contribution in [0.2, 0.25) is 0 Å². The van der Waals surface area contributed by atoms with Gasteiger partial charge in [-0.1, -0.05) is 50.3 Å². The number of amidine groups is 1. The summed E-state index contributed by atoms with van der Waals surface area (Å²) in [5, 5.41) is 6.06. The van der Waals surface area contributed by atoms with Crippen LogP contribution in [0.3, 0.4) is 0 Å². The number of hydrogen-bond acceptors (Lipinski definition) is 7. The van der Waals surface area contributed by atoms with Crippen LogP contribution < -0.4 is 5.73 Å². The predicted molar refractivity (Wildman–Crippen MR) is 157 cm³/mol. The Bertz CT molecular complexity index is 1600. The Kier molecular flexibility index (Phi) is 8.42. The molecule has 0 spiro atoms. The SMILES string of the molecule is CCCN(CCC)C(=O)C1=Cc2ccc(-c3ccc4c(=S)n(CCS(C)(=O)=O)ncc4c3)cc2N=C(N)C1. The number of nitrogens with zero attached hydrogens (tertiary/aromatic N) is 4. The molecular weight excluding hydrogens is 518 g/mol. The summed E-state index contributed by atoms with van der Waals surface area (Å²) in [5.41, 5.74) is 10.4. The lowest BCUT2D eigenvalue weighted by molar-refractivity contribution is -0.127. The van der Waals surface area contributed by atoms with E-state index in [1.54, 1.807) is 10.9 Å². The Labute approximate surface area is 228 Å². The number of carbonyl (C=O) groups excluding carboxylic acids is 1. The average molecular weight is 552 g/mol. The minimum Gasteiger partial charge on any atom is -0.387 e. The molecule has 0 aliphatic carbocycles. The highest BCUT2D eigenvalue weighted by molar-refractivity contribution is 7.90. The van der Waals surface area contributed by atoms with Gasteiger partial charge in [0.25, 0.3) is 0 Å². The van der Waals surface area contributed by atoms with Crippen molar-refractivity contribution >= 4 is 56.3 Å². The van der Waals surface area contributed by atoms with Gasteiger partial charge in [-0.2, -0.15) is 5.10 Å². The third-order valence-corrected chi connectivity index (χ3v) is 7.76. The van der Waals surface area contributed by atoms with Gasteiger partial charge in [0.2, 0.25) is 5.91 Å². The second-order valence-electron chi connectivity index (χ2n) is 9.62. The fraction of sp³-hybridized carbons (Fsp3) is 0.357. The Hall–Kier alpha value is -3.37. The van der Waals surface area contributed by atoms with Gasteiger partial charge in [0.05, 0.1) is 24.2 Å². The first-order valence-electron chi connectivity index (χ1n) is 12.7. The number of aromatic nitrogens is 2. The lowest BCUT2D eigenvalue weighted by Crippen LogP contribution is -2.34. The van der Waals surface area contributed by atoms with E-state index in [0.29, 0.717) is 41.2 Å². The zero-order valence-corrected chi connectivity index (χ0v) is 23.6. The first-order chi connectivity index (χ1) is 18.1. The molecule has 2 heterocycles. The number of amides is 1. The standard InChI is InChI=1S/C28H33N5O3S2/c1-4-10-32(11-5-2)27(34)22-15-21-7-6-20(16-25(21)31-26(29)17-22)19-8-9-24-23(14-19)18-30-33(28(24)37)12-13-38(3,35)36/h6-9,14-16,18H,4-5,10-13,17H2,1-3H3,(H2,29,31). The molecule has 38 heavy (non-hydrogen) atoms. The molecule has 3 aromatic rings. The predicted octanol–water partition coefficient (Wildman–Crippen LogP) is 4.90. The van der Waals surface area contributed by atoms with E-state index in [1.165, 1.54) is 6.26 Å². The smallest absolute Gasteiger partial charge is 0.250 e. The van der Waals surface area contributed by atoms with Crippen molar-refractivity contribution in [3.05, 3.63) is 58.4 Å². The van der Waals surface area contributed by atoms with Crippen LogP contribution in [0.1, 0.15) is 38.7 Å². The van der Waals surface area contributed by atoms with Crippen molar-refractivity contribution in [3.63, 3.8) is 0 Å². The van der Waals surface area contributed by atoms with Crippen molar-refractivity contribution in [1.29, 1.82) is 0 Å². The molecule has 10 heteroatoms. The number of hydrogen-bond donors (Lipinski definition) is 1. The van der Waals surface area contributed by atoms with Gasteiger partial charge in [-0.15, -0.1) is 0 Å². The molecule has 0 bridgehead atoms. The van der Waals surface area contributed by atoms with Crippen LogP contribution in [0.25, 0.3) is 28.0 Å². The minimum absolute atomic E-state index is 0.0132. The summed E-state index contributed by atoms with van der Waals surface area (Å²) in [6.07, 6.45) is 6.93. The van der Waals surface area contributed by atoms with Crippen LogP contribution in [0.5, 0.6) is 0 Å². The molecule has 0 saturated heterocycles. The van der Waals surface area contributed by atoms with Crippen molar-refractivity contribution in [2.45, 2.75) is 39.7 Å². The molecule has 2 N–H and O–H groups in total. The highest BCUT2D eigenvalue weighted by atomic mass is 32.2. The fourth-order valence-corrected chi connectivity index (χ4v) is 5.37. The highest BCUT2D eigenvalue weighted by Gasteiger charge is 2.21. The van der Waals surface area contributed by atoms with Crippen molar-refractivity contribution in [3.8, 4) is 11.1 Å². The number of aliphatic imine (C=N–C) groups is 1. The van der Waals surface area contributed by atoms with Crippen molar-refractivity contribution < 1.29 is 13.2 Å². The molecule has 0 atom stereocenters. The van der Waals surface area contributed by atoms with Gasteiger partial charge in [-0.25, -0.2) is 13.4 Å². The van der Waals surface area contributed by atoms with Gasteiger partial charge in [-0.3, -0.25) is 9.48 Å². The fourth-order valence-electron chi connectivity index (χ4n) is 4.54. The Balaban J connectivity index is 1.66. The summed E-state index contributed by atoms with van der Waals surface area (Å²) in [7, 11) is -3.12. The molecule has 0 saturated carbocycles. The van der Waals surface area contributed by atoms with Crippen LogP contribution in [0.4, 0.5) is 5.69 Å². The molecule has 1 aromatic heterocycles.